The molecule has 6 heteroatoms. The average molecular weight is 193 g/mol. The number of aromatic nitrogens is 1. The van der Waals surface area contributed by atoms with Gasteiger partial charge in [0, 0.05) is 12.3 Å². The Morgan fingerprint density at radius 2 is 2.08 bits per heavy atom. The third kappa shape index (κ3) is 2.59. The minimum atomic E-state index is -4.40. The minimum Gasteiger partial charge on any atom is -0.451 e. The first-order chi connectivity index (χ1) is 6.04. The van der Waals surface area contributed by atoms with Crippen molar-refractivity contribution in [1.29, 1.82) is 0 Å². The van der Waals surface area contributed by atoms with Gasteiger partial charge in [-0.25, -0.2) is 4.98 Å². The van der Waals surface area contributed by atoms with Gasteiger partial charge in [-0.15, -0.1) is 0 Å². The SMILES string of the molecule is OCOc1ccc(C(F)(F)F)cn1. The molecule has 0 atom stereocenters. The van der Waals surface area contributed by atoms with E-state index in [1.165, 1.54) is 0 Å². The molecule has 0 spiro atoms. The van der Waals surface area contributed by atoms with Gasteiger partial charge in [-0.05, 0) is 6.07 Å². The molecular formula is C7H6F3NO2. The third-order valence-corrected chi connectivity index (χ3v) is 1.28. The molecule has 0 aromatic carbocycles. The monoisotopic (exact) mass is 193 g/mol. The summed E-state index contributed by atoms with van der Waals surface area (Å²) in [5, 5.41) is 8.26. The highest BCUT2D eigenvalue weighted by molar-refractivity contribution is 5.19. The summed E-state index contributed by atoms with van der Waals surface area (Å²) >= 11 is 0. The van der Waals surface area contributed by atoms with Gasteiger partial charge in [-0.1, -0.05) is 0 Å². The van der Waals surface area contributed by atoms with Gasteiger partial charge in [0.05, 0.1) is 5.56 Å². The number of pyridine rings is 1. The topological polar surface area (TPSA) is 42.4 Å². The maximum absolute atomic E-state index is 12.0. The van der Waals surface area contributed by atoms with Crippen molar-refractivity contribution in [3.8, 4) is 5.88 Å². The van der Waals surface area contributed by atoms with Crippen LogP contribution < -0.4 is 4.74 Å². The summed E-state index contributed by atoms with van der Waals surface area (Å²) in [6.07, 6.45) is -3.75. The van der Waals surface area contributed by atoms with E-state index in [9.17, 15) is 13.2 Å². The standard InChI is InChI=1S/C7H6F3NO2/c8-7(9,10)5-1-2-6(11-3-5)13-4-12/h1-3,12H,4H2. The molecule has 0 amide bonds. The van der Waals surface area contributed by atoms with Crippen molar-refractivity contribution < 1.29 is 23.0 Å². The Balaban J connectivity index is 2.81. The second kappa shape index (κ2) is 3.61. The van der Waals surface area contributed by atoms with Crippen molar-refractivity contribution in [2.75, 3.05) is 6.79 Å². The second-order valence-corrected chi connectivity index (χ2v) is 2.16. The number of hydrogen-bond acceptors (Lipinski definition) is 3. The predicted octanol–water partition coefficient (Wildman–Crippen LogP) is 1.43. The number of aliphatic hydroxyl groups excluding tert-OH is 1. The normalized spacial score (nSPS) is 11.4. The summed E-state index contributed by atoms with van der Waals surface area (Å²) < 4.78 is 40.4. The number of hydrogen-bond donors (Lipinski definition) is 1. The molecule has 0 saturated carbocycles. The second-order valence-electron chi connectivity index (χ2n) is 2.16. The zero-order valence-electron chi connectivity index (χ0n) is 6.38. The molecule has 3 nitrogen and oxygen atoms in total. The Morgan fingerprint density at radius 1 is 1.38 bits per heavy atom. The van der Waals surface area contributed by atoms with Gasteiger partial charge < -0.3 is 9.84 Å². The molecular weight excluding hydrogens is 187 g/mol. The molecule has 1 heterocycles. The molecule has 0 bridgehead atoms. The van der Waals surface area contributed by atoms with E-state index in [0.29, 0.717) is 6.20 Å². The molecule has 0 aliphatic carbocycles. The van der Waals surface area contributed by atoms with E-state index in [-0.39, 0.29) is 5.88 Å². The summed E-state index contributed by atoms with van der Waals surface area (Å²) in [6.45, 7) is -0.613. The van der Waals surface area contributed by atoms with Crippen LogP contribution >= 0.6 is 0 Å². The summed E-state index contributed by atoms with van der Waals surface area (Å²) in [5.74, 6) is -0.0458. The molecule has 0 aliphatic rings. The largest absolute Gasteiger partial charge is 0.451 e. The van der Waals surface area contributed by atoms with Gasteiger partial charge in [-0.2, -0.15) is 13.2 Å². The molecule has 1 rings (SSSR count). The van der Waals surface area contributed by atoms with Crippen LogP contribution in [0, 0.1) is 0 Å². The van der Waals surface area contributed by atoms with E-state index in [4.69, 9.17) is 5.11 Å². The van der Waals surface area contributed by atoms with Crippen LogP contribution in [0.4, 0.5) is 13.2 Å². The molecule has 0 aliphatic heterocycles. The quantitative estimate of drug-likeness (QED) is 0.722. The van der Waals surface area contributed by atoms with Crippen LogP contribution in [0.1, 0.15) is 5.56 Å². The van der Waals surface area contributed by atoms with Crippen LogP contribution in [0.3, 0.4) is 0 Å². The maximum Gasteiger partial charge on any atom is 0.417 e. The van der Waals surface area contributed by atoms with Gasteiger partial charge in [0.15, 0.2) is 6.79 Å². The minimum absolute atomic E-state index is 0.0458. The first-order valence-corrected chi connectivity index (χ1v) is 3.31. The number of nitrogens with zero attached hydrogens (tertiary/aromatic N) is 1. The highest BCUT2D eigenvalue weighted by Crippen LogP contribution is 2.28. The van der Waals surface area contributed by atoms with Gasteiger partial charge in [-0.3, -0.25) is 0 Å². The average Bonchev–Trinajstić information content (AvgIpc) is 2.04. The molecule has 1 aromatic rings. The molecule has 0 radical (unpaired) electrons. The lowest BCUT2D eigenvalue weighted by atomic mass is 10.3. The van der Waals surface area contributed by atoms with E-state index >= 15 is 0 Å². The number of rotatable bonds is 2. The number of halogens is 3. The van der Waals surface area contributed by atoms with Crippen molar-refractivity contribution in [1.82, 2.24) is 4.98 Å². The highest BCUT2D eigenvalue weighted by atomic mass is 19.4. The predicted molar refractivity (Wildman–Crippen MR) is 37.0 cm³/mol. The maximum atomic E-state index is 12.0. The van der Waals surface area contributed by atoms with Crippen molar-refractivity contribution >= 4 is 0 Å². The van der Waals surface area contributed by atoms with E-state index in [2.05, 4.69) is 9.72 Å². The van der Waals surface area contributed by atoms with Gasteiger partial charge in [0.25, 0.3) is 0 Å². The first kappa shape index (κ1) is 9.79. The Hall–Kier alpha value is -1.30. The highest BCUT2D eigenvalue weighted by Gasteiger charge is 2.30. The molecule has 13 heavy (non-hydrogen) atoms. The zero-order chi connectivity index (χ0) is 9.90. The smallest absolute Gasteiger partial charge is 0.417 e. The molecule has 1 aromatic heterocycles. The van der Waals surface area contributed by atoms with Crippen LogP contribution in [-0.2, 0) is 6.18 Å². The van der Waals surface area contributed by atoms with Crippen molar-refractivity contribution in [3.63, 3.8) is 0 Å². The molecule has 0 saturated heterocycles. The number of aliphatic hydroxyl groups is 1. The fourth-order valence-electron chi connectivity index (χ4n) is 0.699. The Labute approximate surface area is 71.8 Å². The Morgan fingerprint density at radius 3 is 2.46 bits per heavy atom. The van der Waals surface area contributed by atoms with Crippen LogP contribution in [0.2, 0.25) is 0 Å². The van der Waals surface area contributed by atoms with Gasteiger partial charge in [0.1, 0.15) is 0 Å². The Bertz CT molecular complexity index is 270. The van der Waals surface area contributed by atoms with Crippen LogP contribution in [0.5, 0.6) is 5.88 Å². The van der Waals surface area contributed by atoms with Crippen molar-refractivity contribution in [3.05, 3.63) is 23.9 Å². The Kier molecular flexibility index (Phi) is 2.72. The summed E-state index contributed by atoms with van der Waals surface area (Å²) in [6, 6.07) is 1.87. The zero-order valence-corrected chi connectivity index (χ0v) is 6.38. The lowest BCUT2D eigenvalue weighted by molar-refractivity contribution is -0.137. The van der Waals surface area contributed by atoms with E-state index in [1.54, 1.807) is 0 Å². The first-order valence-electron chi connectivity index (χ1n) is 3.31. The number of ether oxygens (including phenoxy) is 1. The summed E-state index contributed by atoms with van der Waals surface area (Å²) in [7, 11) is 0. The van der Waals surface area contributed by atoms with Crippen molar-refractivity contribution in [2.45, 2.75) is 6.18 Å². The number of alkyl halides is 3. The van der Waals surface area contributed by atoms with E-state index in [1.807, 2.05) is 0 Å². The summed E-state index contributed by atoms with van der Waals surface area (Å²) in [4.78, 5) is 3.33. The molecule has 72 valence electrons. The molecule has 1 N–H and O–H groups in total. The van der Waals surface area contributed by atoms with E-state index < -0.39 is 18.5 Å². The van der Waals surface area contributed by atoms with Crippen LogP contribution in [0.15, 0.2) is 18.3 Å². The van der Waals surface area contributed by atoms with Crippen LogP contribution in [-0.4, -0.2) is 16.9 Å². The van der Waals surface area contributed by atoms with Crippen molar-refractivity contribution in [2.24, 2.45) is 0 Å². The molecule has 0 fully saturated rings. The molecule has 0 unspecified atom stereocenters. The van der Waals surface area contributed by atoms with E-state index in [0.717, 1.165) is 12.1 Å². The fourth-order valence-corrected chi connectivity index (χ4v) is 0.699. The van der Waals surface area contributed by atoms with Gasteiger partial charge in [0.2, 0.25) is 5.88 Å². The van der Waals surface area contributed by atoms with Crippen LogP contribution in [0.25, 0.3) is 0 Å². The lowest BCUT2D eigenvalue weighted by Gasteiger charge is -2.06. The summed E-state index contributed by atoms with van der Waals surface area (Å²) in [5.41, 5.74) is -0.849. The lowest BCUT2D eigenvalue weighted by Crippen LogP contribution is -2.06. The fraction of sp³-hybridized carbons (Fsp3) is 0.286. The van der Waals surface area contributed by atoms with Gasteiger partial charge >= 0.3 is 6.18 Å². The third-order valence-electron chi connectivity index (χ3n) is 1.28.